The zero-order valence-electron chi connectivity index (χ0n) is 13.6. The number of nitrogens with one attached hydrogen (secondary N) is 1. The van der Waals surface area contributed by atoms with Crippen LogP contribution in [-0.2, 0) is 0 Å². The van der Waals surface area contributed by atoms with Gasteiger partial charge in [-0.25, -0.2) is 0 Å². The topological polar surface area (TPSA) is 32.3 Å². The minimum Gasteiger partial charge on any atom is -0.372 e. The van der Waals surface area contributed by atoms with Gasteiger partial charge in [0.2, 0.25) is 0 Å². The number of hydrogen-bond donors (Lipinski definition) is 1. The molecule has 0 heterocycles. The average molecular weight is 288 g/mol. The van der Waals surface area contributed by atoms with E-state index >= 15 is 0 Å². The van der Waals surface area contributed by atoms with Gasteiger partial charge in [0.1, 0.15) is 0 Å². The molecule has 0 aliphatic heterocycles. The van der Waals surface area contributed by atoms with Crippen LogP contribution in [0.15, 0.2) is 24.3 Å². The van der Waals surface area contributed by atoms with E-state index in [9.17, 15) is 4.79 Å². The van der Waals surface area contributed by atoms with Crippen molar-refractivity contribution in [1.82, 2.24) is 5.32 Å². The summed E-state index contributed by atoms with van der Waals surface area (Å²) >= 11 is 0. The van der Waals surface area contributed by atoms with Gasteiger partial charge in [0.15, 0.2) is 0 Å². The second-order valence-electron chi connectivity index (χ2n) is 6.23. The molecule has 3 nitrogen and oxygen atoms in total. The van der Waals surface area contributed by atoms with E-state index in [2.05, 4.69) is 36.3 Å². The molecular formula is C18H28N2O. The van der Waals surface area contributed by atoms with E-state index in [4.69, 9.17) is 0 Å². The van der Waals surface area contributed by atoms with Gasteiger partial charge < -0.3 is 10.2 Å². The Morgan fingerprint density at radius 2 is 1.86 bits per heavy atom. The van der Waals surface area contributed by atoms with Crippen molar-refractivity contribution in [2.75, 3.05) is 11.9 Å². The molecule has 0 unspecified atom stereocenters. The molecule has 0 saturated heterocycles. The van der Waals surface area contributed by atoms with Gasteiger partial charge in [0.05, 0.1) is 0 Å². The summed E-state index contributed by atoms with van der Waals surface area (Å²) in [6.45, 7) is 4.11. The van der Waals surface area contributed by atoms with E-state index in [1.165, 1.54) is 37.8 Å². The first-order valence-electron chi connectivity index (χ1n) is 8.25. The third kappa shape index (κ3) is 4.23. The summed E-state index contributed by atoms with van der Waals surface area (Å²) in [6, 6.07) is 8.89. The maximum absolute atomic E-state index is 12.1. The van der Waals surface area contributed by atoms with Gasteiger partial charge in [-0.2, -0.15) is 0 Å². The Bertz CT molecular complexity index is 449. The van der Waals surface area contributed by atoms with Gasteiger partial charge in [0, 0.05) is 30.4 Å². The van der Waals surface area contributed by atoms with Crippen LogP contribution in [0, 0.1) is 0 Å². The molecule has 1 aromatic rings. The van der Waals surface area contributed by atoms with Crippen molar-refractivity contribution in [1.29, 1.82) is 0 Å². The zero-order chi connectivity index (χ0) is 15.2. The van der Waals surface area contributed by atoms with E-state index in [-0.39, 0.29) is 11.9 Å². The molecule has 0 bridgehead atoms. The molecule has 0 spiro atoms. The van der Waals surface area contributed by atoms with Crippen LogP contribution in [0.2, 0.25) is 0 Å². The van der Waals surface area contributed by atoms with E-state index in [0.29, 0.717) is 6.04 Å². The van der Waals surface area contributed by atoms with Gasteiger partial charge >= 0.3 is 0 Å². The maximum atomic E-state index is 12.1. The summed E-state index contributed by atoms with van der Waals surface area (Å²) in [5, 5.41) is 3.01. The summed E-state index contributed by atoms with van der Waals surface area (Å²) in [4.78, 5) is 14.4. The molecule has 116 valence electrons. The molecule has 1 N–H and O–H groups in total. The molecule has 0 aromatic heterocycles. The van der Waals surface area contributed by atoms with Crippen molar-refractivity contribution in [3.8, 4) is 0 Å². The molecule has 21 heavy (non-hydrogen) atoms. The summed E-state index contributed by atoms with van der Waals surface area (Å²) < 4.78 is 0. The highest BCUT2D eigenvalue weighted by Crippen LogP contribution is 2.26. The molecular weight excluding hydrogens is 260 g/mol. The third-order valence-corrected chi connectivity index (χ3v) is 4.65. The van der Waals surface area contributed by atoms with Crippen molar-refractivity contribution in [3.05, 3.63) is 29.8 Å². The highest BCUT2D eigenvalue weighted by atomic mass is 16.1. The summed E-state index contributed by atoms with van der Waals surface area (Å²) in [5.41, 5.74) is 1.96. The molecule has 1 aliphatic rings. The second-order valence-corrected chi connectivity index (χ2v) is 6.23. The van der Waals surface area contributed by atoms with Gasteiger partial charge in [-0.15, -0.1) is 0 Å². The summed E-state index contributed by atoms with van der Waals surface area (Å²) in [5.74, 6) is 0.0243. The van der Waals surface area contributed by atoms with Crippen LogP contribution in [0.3, 0.4) is 0 Å². The van der Waals surface area contributed by atoms with Crippen molar-refractivity contribution >= 4 is 11.6 Å². The average Bonchev–Trinajstić information content (AvgIpc) is 2.55. The second kappa shape index (κ2) is 7.48. The Morgan fingerprint density at radius 3 is 2.43 bits per heavy atom. The highest BCUT2D eigenvalue weighted by Gasteiger charge is 2.18. The van der Waals surface area contributed by atoms with Gasteiger partial charge in [-0.05, 0) is 50.5 Å². The lowest BCUT2D eigenvalue weighted by atomic mass is 9.94. The molecule has 1 fully saturated rings. The zero-order valence-corrected chi connectivity index (χ0v) is 13.6. The van der Waals surface area contributed by atoms with Gasteiger partial charge in [-0.3, -0.25) is 4.79 Å². The lowest BCUT2D eigenvalue weighted by molar-refractivity contribution is 0.0939. The number of amides is 1. The van der Waals surface area contributed by atoms with Crippen LogP contribution in [-0.4, -0.2) is 25.0 Å². The Balaban J connectivity index is 1.99. The molecule has 0 radical (unpaired) electrons. The number of rotatable bonds is 5. The molecule has 1 atom stereocenters. The third-order valence-electron chi connectivity index (χ3n) is 4.65. The predicted octanol–water partition coefficient (Wildman–Crippen LogP) is 3.98. The number of anilines is 1. The first-order valence-corrected chi connectivity index (χ1v) is 8.25. The van der Waals surface area contributed by atoms with Crippen molar-refractivity contribution in [2.45, 2.75) is 64.5 Å². The van der Waals surface area contributed by atoms with Crippen LogP contribution in [0.4, 0.5) is 5.69 Å². The lowest BCUT2D eigenvalue weighted by Crippen LogP contribution is -2.33. The van der Waals surface area contributed by atoms with Gasteiger partial charge in [-0.1, -0.05) is 26.2 Å². The normalized spacial score (nSPS) is 17.3. The molecule has 1 saturated carbocycles. The number of benzene rings is 1. The smallest absolute Gasteiger partial charge is 0.251 e. The highest BCUT2D eigenvalue weighted by molar-refractivity contribution is 5.94. The van der Waals surface area contributed by atoms with Crippen LogP contribution in [0.1, 0.15) is 62.7 Å². The van der Waals surface area contributed by atoms with E-state index in [0.717, 1.165) is 12.0 Å². The molecule has 3 heteroatoms. The summed E-state index contributed by atoms with van der Waals surface area (Å²) in [7, 11) is 2.17. The van der Waals surface area contributed by atoms with Crippen molar-refractivity contribution in [3.63, 3.8) is 0 Å². The fourth-order valence-corrected chi connectivity index (χ4v) is 2.94. The molecule has 2 rings (SSSR count). The first-order chi connectivity index (χ1) is 10.1. The fourth-order valence-electron chi connectivity index (χ4n) is 2.94. The van der Waals surface area contributed by atoms with E-state index < -0.39 is 0 Å². The first kappa shape index (κ1) is 15.9. The van der Waals surface area contributed by atoms with Crippen LogP contribution >= 0.6 is 0 Å². The molecule has 1 aromatic carbocycles. The summed E-state index contributed by atoms with van der Waals surface area (Å²) in [6.07, 6.45) is 7.57. The largest absolute Gasteiger partial charge is 0.372 e. The standard InChI is InChI=1S/C18H28N2O/c1-4-14(2)19-18(21)15-10-12-17(13-11-15)20(3)16-8-6-5-7-9-16/h10-14,16H,4-9H2,1-3H3,(H,19,21)/t14-/m0/s1. The Kier molecular flexibility index (Phi) is 5.66. The van der Waals surface area contributed by atoms with E-state index in [1.807, 2.05) is 19.1 Å². The van der Waals surface area contributed by atoms with Crippen molar-refractivity contribution < 1.29 is 4.79 Å². The Labute approximate surface area is 128 Å². The number of carbonyl (C=O) groups excluding carboxylic acids is 1. The minimum absolute atomic E-state index is 0.0243. The lowest BCUT2D eigenvalue weighted by Gasteiger charge is -2.33. The predicted molar refractivity (Wildman–Crippen MR) is 88.9 cm³/mol. The monoisotopic (exact) mass is 288 g/mol. The molecule has 1 aliphatic carbocycles. The van der Waals surface area contributed by atoms with Crippen molar-refractivity contribution in [2.24, 2.45) is 0 Å². The van der Waals surface area contributed by atoms with Crippen LogP contribution in [0.5, 0.6) is 0 Å². The number of nitrogens with zero attached hydrogens (tertiary/aromatic N) is 1. The number of hydrogen-bond acceptors (Lipinski definition) is 2. The van der Waals surface area contributed by atoms with Crippen LogP contribution in [0.25, 0.3) is 0 Å². The van der Waals surface area contributed by atoms with Gasteiger partial charge in [0.25, 0.3) is 5.91 Å². The molecule has 1 amide bonds. The maximum Gasteiger partial charge on any atom is 0.251 e. The number of carbonyl (C=O) groups is 1. The SMILES string of the molecule is CC[C@H](C)NC(=O)c1ccc(N(C)C2CCCCC2)cc1. The Hall–Kier alpha value is -1.51. The van der Waals surface area contributed by atoms with E-state index in [1.54, 1.807) is 0 Å². The van der Waals surface area contributed by atoms with Crippen LogP contribution < -0.4 is 10.2 Å². The quantitative estimate of drug-likeness (QED) is 0.888. The Morgan fingerprint density at radius 1 is 1.24 bits per heavy atom. The fraction of sp³-hybridized carbons (Fsp3) is 0.611. The minimum atomic E-state index is 0.0243.